The molecule has 3 aromatic rings. The molecule has 0 aliphatic heterocycles. The van der Waals surface area contributed by atoms with Crippen molar-refractivity contribution in [3.05, 3.63) is 59.8 Å². The molecule has 1 radical (unpaired) electrons. The zero-order valence-electron chi connectivity index (χ0n) is 10.9. The Hall–Kier alpha value is -1.75. The van der Waals surface area contributed by atoms with E-state index in [2.05, 4.69) is 15.1 Å². The third-order valence-corrected chi connectivity index (χ3v) is 3.33. The Morgan fingerprint density at radius 2 is 1.30 bits per heavy atom. The topological polar surface area (TPSA) is 58.4 Å². The van der Waals surface area contributed by atoms with E-state index in [1.54, 1.807) is 0 Å². The van der Waals surface area contributed by atoms with Crippen LogP contribution in [0.1, 0.15) is 11.3 Å². The number of aromatic nitrogens is 2. The fourth-order valence-electron chi connectivity index (χ4n) is 2.48. The van der Waals surface area contributed by atoms with Gasteiger partial charge in [-0.3, -0.25) is 0 Å². The summed E-state index contributed by atoms with van der Waals surface area (Å²) in [5, 5.41) is 12.6. The number of hydrogen-bond donors (Lipinski definition) is 1. The van der Waals surface area contributed by atoms with E-state index >= 15 is 0 Å². The number of benzene rings is 2. The van der Waals surface area contributed by atoms with Crippen LogP contribution in [0.2, 0.25) is 0 Å². The van der Waals surface area contributed by atoms with E-state index in [9.17, 15) is 5.21 Å². The molecule has 0 bridgehead atoms. The van der Waals surface area contributed by atoms with Crippen LogP contribution in [-0.4, -0.2) is 50.4 Å². The fraction of sp³-hybridized carbons (Fsp3) is 0. The summed E-state index contributed by atoms with van der Waals surface area (Å²) >= 11 is 0. The smallest absolute Gasteiger partial charge is 0.138 e. The fourth-order valence-corrected chi connectivity index (χ4v) is 2.48. The molecule has 1 aliphatic carbocycles. The maximum Gasteiger partial charge on any atom is 0.138 e. The molecular weight excluding hydrogens is 261 g/mol. The number of fused-ring (bicyclic) bond motifs is 4. The molecule has 1 aromatic heterocycles. The van der Waals surface area contributed by atoms with Gasteiger partial charge in [0.1, 0.15) is 11.4 Å². The van der Waals surface area contributed by atoms with Gasteiger partial charge in [0.05, 0.1) is 16.7 Å². The van der Waals surface area contributed by atoms with Crippen LogP contribution >= 0.6 is 0 Å². The van der Waals surface area contributed by atoms with Gasteiger partial charge in [-0.1, -0.05) is 41.6 Å². The van der Waals surface area contributed by atoms with Gasteiger partial charge in [-0.25, -0.2) is 9.97 Å². The molecule has 1 heterocycles. The minimum atomic E-state index is 0. The molecule has 20 heavy (non-hydrogen) atoms. The molecule has 4 nitrogen and oxygen atoms in total. The summed E-state index contributed by atoms with van der Waals surface area (Å²) in [6, 6.07) is 15.4. The Kier molecular flexibility index (Phi) is 3.30. The molecule has 0 unspecified atom stereocenters. The molecule has 0 amide bonds. The van der Waals surface area contributed by atoms with E-state index in [0.29, 0.717) is 11.4 Å². The van der Waals surface area contributed by atoms with E-state index in [1.807, 2.05) is 48.5 Å². The van der Waals surface area contributed by atoms with Crippen molar-refractivity contribution in [2.45, 2.75) is 0 Å². The van der Waals surface area contributed by atoms with E-state index < -0.39 is 0 Å². The summed E-state index contributed by atoms with van der Waals surface area (Å²) in [6.07, 6.45) is 0. The SMILES string of the molecule is ON=C1c2ccccc2-c2nc3ccccc3nc21.[Na]. The van der Waals surface area contributed by atoms with E-state index in [-0.39, 0.29) is 29.6 Å². The van der Waals surface area contributed by atoms with Crippen molar-refractivity contribution in [3.8, 4) is 11.3 Å². The van der Waals surface area contributed by atoms with Gasteiger partial charge >= 0.3 is 0 Å². The van der Waals surface area contributed by atoms with Crippen LogP contribution in [0.25, 0.3) is 22.3 Å². The Morgan fingerprint density at radius 1 is 0.750 bits per heavy atom. The standard InChI is InChI=1S/C15H9N3O.Na/c19-18-14-10-6-2-1-5-9(10)13-15(14)17-12-8-4-3-7-11(12)16-13;/h1-8,19H;. The van der Waals surface area contributed by atoms with E-state index in [4.69, 9.17) is 0 Å². The largest absolute Gasteiger partial charge is 0.410 e. The molecule has 4 rings (SSSR count). The van der Waals surface area contributed by atoms with Gasteiger partial charge < -0.3 is 5.21 Å². The van der Waals surface area contributed by atoms with Crippen molar-refractivity contribution in [1.82, 2.24) is 9.97 Å². The monoisotopic (exact) mass is 270 g/mol. The normalized spacial score (nSPS) is 13.9. The second-order valence-corrected chi connectivity index (χ2v) is 4.40. The maximum absolute atomic E-state index is 9.25. The quantitative estimate of drug-likeness (QED) is 0.303. The van der Waals surface area contributed by atoms with Crippen LogP contribution in [0.15, 0.2) is 53.7 Å². The summed E-state index contributed by atoms with van der Waals surface area (Å²) in [6.45, 7) is 0. The van der Waals surface area contributed by atoms with Gasteiger partial charge in [-0.2, -0.15) is 0 Å². The zero-order valence-corrected chi connectivity index (χ0v) is 12.9. The van der Waals surface area contributed by atoms with Crippen LogP contribution in [-0.2, 0) is 0 Å². The van der Waals surface area contributed by atoms with Crippen LogP contribution in [0.3, 0.4) is 0 Å². The first-order valence-corrected chi connectivity index (χ1v) is 5.97. The number of oxime groups is 1. The third kappa shape index (κ3) is 1.77. The van der Waals surface area contributed by atoms with Crippen molar-refractivity contribution in [1.29, 1.82) is 0 Å². The van der Waals surface area contributed by atoms with Crippen LogP contribution in [0, 0.1) is 0 Å². The molecule has 0 saturated heterocycles. The maximum atomic E-state index is 9.25. The molecule has 0 fully saturated rings. The first-order chi connectivity index (χ1) is 9.38. The van der Waals surface area contributed by atoms with Crippen molar-refractivity contribution >= 4 is 46.3 Å². The van der Waals surface area contributed by atoms with Gasteiger partial charge in [-0.05, 0) is 12.1 Å². The summed E-state index contributed by atoms with van der Waals surface area (Å²) < 4.78 is 0. The van der Waals surface area contributed by atoms with Crippen LogP contribution in [0.5, 0.6) is 0 Å². The van der Waals surface area contributed by atoms with Crippen molar-refractivity contribution in [2.24, 2.45) is 5.16 Å². The number of hydrogen-bond acceptors (Lipinski definition) is 4. The summed E-state index contributed by atoms with van der Waals surface area (Å²) in [5.41, 5.74) is 5.39. The van der Waals surface area contributed by atoms with Gasteiger partial charge in [-0.15, -0.1) is 0 Å². The average Bonchev–Trinajstić information content (AvgIpc) is 2.78. The Morgan fingerprint density at radius 3 is 1.95 bits per heavy atom. The first-order valence-electron chi connectivity index (χ1n) is 5.97. The molecule has 0 saturated carbocycles. The van der Waals surface area contributed by atoms with Gasteiger partial charge in [0.15, 0.2) is 0 Å². The molecule has 0 atom stereocenters. The molecule has 0 spiro atoms. The summed E-state index contributed by atoms with van der Waals surface area (Å²) in [7, 11) is 0. The molecular formula is C15H9N3NaO. The molecule has 1 aliphatic rings. The van der Waals surface area contributed by atoms with Crippen molar-refractivity contribution in [3.63, 3.8) is 0 Å². The van der Waals surface area contributed by atoms with Crippen LogP contribution < -0.4 is 0 Å². The van der Waals surface area contributed by atoms with Crippen molar-refractivity contribution < 1.29 is 5.21 Å². The van der Waals surface area contributed by atoms with Crippen molar-refractivity contribution in [2.75, 3.05) is 0 Å². The van der Waals surface area contributed by atoms with Gasteiger partial charge in [0.25, 0.3) is 0 Å². The second kappa shape index (κ2) is 4.98. The first kappa shape index (κ1) is 13.2. The van der Waals surface area contributed by atoms with E-state index in [1.165, 1.54) is 0 Å². The number of rotatable bonds is 0. The van der Waals surface area contributed by atoms with Gasteiger partial charge in [0.2, 0.25) is 0 Å². The Balaban J connectivity index is 0.00000121. The predicted octanol–water partition coefficient (Wildman–Crippen LogP) is 2.46. The third-order valence-electron chi connectivity index (χ3n) is 3.33. The van der Waals surface area contributed by atoms with E-state index in [0.717, 1.165) is 27.9 Å². The second-order valence-electron chi connectivity index (χ2n) is 4.40. The minimum Gasteiger partial charge on any atom is -0.410 e. The number of para-hydroxylation sites is 2. The van der Waals surface area contributed by atoms with Crippen LogP contribution in [0.4, 0.5) is 0 Å². The molecule has 91 valence electrons. The Labute approximate surface area is 137 Å². The van der Waals surface area contributed by atoms with Gasteiger partial charge in [0, 0.05) is 40.7 Å². The minimum absolute atomic E-state index is 0. The molecule has 1 N–H and O–H groups in total. The molecule has 2 aromatic carbocycles. The summed E-state index contributed by atoms with van der Waals surface area (Å²) in [5.74, 6) is 0. The zero-order chi connectivity index (χ0) is 12.8. The summed E-state index contributed by atoms with van der Waals surface area (Å²) in [4.78, 5) is 9.21. The average molecular weight is 270 g/mol. The number of nitrogens with zero attached hydrogens (tertiary/aromatic N) is 3. The Bertz CT molecular complexity index is 845. The predicted molar refractivity (Wildman–Crippen MR) is 78.2 cm³/mol. The molecule has 5 heteroatoms.